The second-order valence-electron chi connectivity index (χ2n) is 4.60. The Balaban J connectivity index is 2.69. The SMILES string of the molecule is CC(CCN)(C(=O)O)C1CCCCC1. The summed E-state index contributed by atoms with van der Waals surface area (Å²) in [5, 5.41) is 9.26. The maximum Gasteiger partial charge on any atom is 0.309 e. The minimum Gasteiger partial charge on any atom is -0.481 e. The van der Waals surface area contributed by atoms with E-state index >= 15 is 0 Å². The average Bonchev–Trinajstić information content (AvgIpc) is 2.19. The maximum atomic E-state index is 11.3. The van der Waals surface area contributed by atoms with Gasteiger partial charge in [0.15, 0.2) is 0 Å². The van der Waals surface area contributed by atoms with E-state index in [1.807, 2.05) is 6.92 Å². The second kappa shape index (κ2) is 4.78. The fourth-order valence-corrected chi connectivity index (χ4v) is 2.53. The van der Waals surface area contributed by atoms with Crippen LogP contribution in [0.5, 0.6) is 0 Å². The highest BCUT2D eigenvalue weighted by Crippen LogP contribution is 2.40. The first-order chi connectivity index (χ1) is 6.61. The summed E-state index contributed by atoms with van der Waals surface area (Å²) in [6.45, 7) is 2.33. The maximum absolute atomic E-state index is 11.3. The van der Waals surface area contributed by atoms with Gasteiger partial charge in [-0.15, -0.1) is 0 Å². The lowest BCUT2D eigenvalue weighted by atomic mass is 9.68. The molecule has 1 unspecified atom stereocenters. The summed E-state index contributed by atoms with van der Waals surface area (Å²) in [6, 6.07) is 0. The number of hydrogen-bond acceptors (Lipinski definition) is 2. The fraction of sp³-hybridized carbons (Fsp3) is 0.909. The highest BCUT2D eigenvalue weighted by Gasteiger charge is 2.40. The molecule has 0 radical (unpaired) electrons. The summed E-state index contributed by atoms with van der Waals surface area (Å²) in [6.07, 6.45) is 6.34. The predicted octanol–water partition coefficient (Wildman–Crippen LogP) is 2.01. The van der Waals surface area contributed by atoms with E-state index in [2.05, 4.69) is 0 Å². The Morgan fingerprint density at radius 3 is 2.43 bits per heavy atom. The first-order valence-electron chi connectivity index (χ1n) is 5.54. The van der Waals surface area contributed by atoms with Gasteiger partial charge in [0.25, 0.3) is 0 Å². The highest BCUT2D eigenvalue weighted by molar-refractivity contribution is 5.74. The number of rotatable bonds is 4. The van der Waals surface area contributed by atoms with Crippen LogP contribution in [0.3, 0.4) is 0 Å². The van der Waals surface area contributed by atoms with Crippen LogP contribution in [0, 0.1) is 11.3 Å². The van der Waals surface area contributed by atoms with E-state index in [0.717, 1.165) is 12.8 Å². The third-order valence-electron chi connectivity index (χ3n) is 3.66. The molecule has 3 nitrogen and oxygen atoms in total. The van der Waals surface area contributed by atoms with E-state index in [9.17, 15) is 9.90 Å². The number of carbonyl (C=O) groups is 1. The lowest BCUT2D eigenvalue weighted by Crippen LogP contribution is -2.38. The van der Waals surface area contributed by atoms with Crippen LogP contribution in [-0.2, 0) is 4.79 Å². The third kappa shape index (κ3) is 2.27. The summed E-state index contributed by atoms with van der Waals surface area (Å²) < 4.78 is 0. The molecule has 1 rings (SSSR count). The van der Waals surface area contributed by atoms with Crippen molar-refractivity contribution in [1.82, 2.24) is 0 Å². The molecule has 0 bridgehead atoms. The van der Waals surface area contributed by atoms with E-state index < -0.39 is 11.4 Å². The van der Waals surface area contributed by atoms with Gasteiger partial charge in [-0.1, -0.05) is 19.3 Å². The molecule has 3 heteroatoms. The average molecular weight is 199 g/mol. The molecule has 0 aromatic heterocycles. The number of hydrogen-bond donors (Lipinski definition) is 2. The quantitative estimate of drug-likeness (QED) is 0.728. The summed E-state index contributed by atoms with van der Waals surface area (Å²) >= 11 is 0. The summed E-state index contributed by atoms with van der Waals surface area (Å²) in [4.78, 5) is 11.3. The summed E-state index contributed by atoms with van der Waals surface area (Å²) in [7, 11) is 0. The van der Waals surface area contributed by atoms with Gasteiger partial charge in [-0.3, -0.25) is 4.79 Å². The third-order valence-corrected chi connectivity index (χ3v) is 3.66. The lowest BCUT2D eigenvalue weighted by Gasteiger charge is -2.36. The molecule has 0 aliphatic heterocycles. The summed E-state index contributed by atoms with van der Waals surface area (Å²) in [5.74, 6) is -0.341. The number of carboxylic acid groups (broad SMARTS) is 1. The molecule has 0 aromatic rings. The number of nitrogens with two attached hydrogens (primary N) is 1. The van der Waals surface area contributed by atoms with Gasteiger partial charge in [-0.2, -0.15) is 0 Å². The van der Waals surface area contributed by atoms with Gasteiger partial charge in [0.05, 0.1) is 5.41 Å². The molecule has 0 saturated heterocycles. The van der Waals surface area contributed by atoms with Crippen LogP contribution in [0.4, 0.5) is 0 Å². The monoisotopic (exact) mass is 199 g/mol. The fourth-order valence-electron chi connectivity index (χ4n) is 2.53. The molecule has 14 heavy (non-hydrogen) atoms. The van der Waals surface area contributed by atoms with E-state index in [4.69, 9.17) is 5.73 Å². The zero-order valence-corrected chi connectivity index (χ0v) is 8.96. The molecule has 0 spiro atoms. The Hall–Kier alpha value is -0.570. The molecule has 0 heterocycles. The van der Waals surface area contributed by atoms with Gasteiger partial charge in [0.2, 0.25) is 0 Å². The van der Waals surface area contributed by atoms with Gasteiger partial charge in [-0.25, -0.2) is 0 Å². The van der Waals surface area contributed by atoms with Gasteiger partial charge < -0.3 is 10.8 Å². The Kier molecular flexibility index (Phi) is 3.93. The minimum absolute atomic E-state index is 0.331. The van der Waals surface area contributed by atoms with Crippen LogP contribution in [0.15, 0.2) is 0 Å². The zero-order chi connectivity index (χ0) is 10.6. The standard InChI is InChI=1S/C11H21NO2/c1-11(7-8-12,10(13)14)9-5-3-2-4-6-9/h9H,2-8,12H2,1H3,(H,13,14). The molecule has 82 valence electrons. The topological polar surface area (TPSA) is 63.3 Å². The van der Waals surface area contributed by atoms with Crippen molar-refractivity contribution < 1.29 is 9.90 Å². The van der Waals surface area contributed by atoms with Crippen molar-refractivity contribution in [1.29, 1.82) is 0 Å². The van der Waals surface area contributed by atoms with Crippen LogP contribution in [-0.4, -0.2) is 17.6 Å². The Morgan fingerprint density at radius 2 is 2.00 bits per heavy atom. The van der Waals surface area contributed by atoms with Crippen LogP contribution < -0.4 is 5.73 Å². The van der Waals surface area contributed by atoms with Crippen molar-refractivity contribution in [3.8, 4) is 0 Å². The van der Waals surface area contributed by atoms with Crippen molar-refractivity contribution in [2.24, 2.45) is 17.1 Å². The molecule has 1 aliphatic rings. The van der Waals surface area contributed by atoms with Gasteiger partial charge >= 0.3 is 5.97 Å². The van der Waals surface area contributed by atoms with Crippen molar-refractivity contribution in [2.75, 3.05) is 6.54 Å². The lowest BCUT2D eigenvalue weighted by molar-refractivity contribution is -0.152. The predicted molar refractivity (Wildman–Crippen MR) is 56.0 cm³/mol. The van der Waals surface area contributed by atoms with Crippen molar-refractivity contribution in [2.45, 2.75) is 45.4 Å². The first-order valence-corrected chi connectivity index (χ1v) is 5.54. The molecule has 1 aliphatic carbocycles. The van der Waals surface area contributed by atoms with Crippen molar-refractivity contribution in [3.05, 3.63) is 0 Å². The van der Waals surface area contributed by atoms with Gasteiger partial charge in [0, 0.05) is 0 Å². The van der Waals surface area contributed by atoms with E-state index in [1.165, 1.54) is 19.3 Å². The minimum atomic E-state index is -0.671. The largest absolute Gasteiger partial charge is 0.481 e. The highest BCUT2D eigenvalue weighted by atomic mass is 16.4. The van der Waals surface area contributed by atoms with E-state index in [0.29, 0.717) is 18.9 Å². The molecule has 1 atom stereocenters. The molecular weight excluding hydrogens is 178 g/mol. The normalized spacial score (nSPS) is 23.0. The molecule has 0 aromatic carbocycles. The molecule has 3 N–H and O–H groups in total. The van der Waals surface area contributed by atoms with E-state index in [1.54, 1.807) is 0 Å². The first kappa shape index (κ1) is 11.5. The van der Waals surface area contributed by atoms with Gasteiger partial charge in [0.1, 0.15) is 0 Å². The molecule has 0 amide bonds. The Morgan fingerprint density at radius 1 is 1.43 bits per heavy atom. The van der Waals surface area contributed by atoms with Gasteiger partial charge in [-0.05, 0) is 38.6 Å². The number of carboxylic acids is 1. The molecule has 1 fully saturated rings. The van der Waals surface area contributed by atoms with Crippen LogP contribution in [0.1, 0.15) is 45.4 Å². The van der Waals surface area contributed by atoms with Crippen LogP contribution in [0.25, 0.3) is 0 Å². The van der Waals surface area contributed by atoms with Crippen LogP contribution >= 0.6 is 0 Å². The Labute approximate surface area is 85.7 Å². The smallest absolute Gasteiger partial charge is 0.309 e. The van der Waals surface area contributed by atoms with E-state index in [-0.39, 0.29) is 0 Å². The number of aliphatic carboxylic acids is 1. The molecular formula is C11H21NO2. The summed E-state index contributed by atoms with van der Waals surface area (Å²) in [5.41, 5.74) is 4.91. The van der Waals surface area contributed by atoms with Crippen LogP contribution in [0.2, 0.25) is 0 Å². The molecule has 1 saturated carbocycles. The zero-order valence-electron chi connectivity index (χ0n) is 8.96. The Bertz CT molecular complexity index is 199. The van der Waals surface area contributed by atoms with Crippen molar-refractivity contribution in [3.63, 3.8) is 0 Å². The second-order valence-corrected chi connectivity index (χ2v) is 4.60. The van der Waals surface area contributed by atoms with Crippen molar-refractivity contribution >= 4 is 5.97 Å².